The second-order valence-corrected chi connectivity index (χ2v) is 25.6. The number of urea groups is 1. The van der Waals surface area contributed by atoms with Crippen LogP contribution in [-0.4, -0.2) is 113 Å². The van der Waals surface area contributed by atoms with Crippen molar-refractivity contribution < 1.29 is 14.4 Å². The first-order chi connectivity index (χ1) is 43.2. The first kappa shape index (κ1) is 61.2. The standard InChI is InChI=1S/C38H34BrClN8O2.C30H30BrClN6O/c1-24-20-46(23-43-24)21-25-4-3-5-32(16-25)44-37(49)34-22-47(14-15-48(34)38(50)45-31-11-9-30(41-2)10-12-31)36-33-13-8-29(40)18-26(33)6-7-27-17-28(39)19-42-35(27)36;1-19-15-37(18-35-19)16-20-3-2-4-25(11-20)36-30(39)27-17-38(10-9-33-27)29-26-8-7-24(32)13-21(26)5-6-22-12-23(31)14-34-28(22)29/h3-5,8-13,16-20,23,34,36H,6-7,14-15,21-22H2,1H3,(H,44,49)(H,45,50);2-4,7-8,11-15,18,27,29,33H,5-6,9-10,16-17H2,1H3,(H,36,39). The molecule has 6 heterocycles. The van der Waals surface area contributed by atoms with Gasteiger partial charge in [0.2, 0.25) is 11.8 Å². The Morgan fingerprint density at radius 2 is 1.12 bits per heavy atom. The number of carbonyl (C=O) groups is 3. The van der Waals surface area contributed by atoms with E-state index in [1.54, 1.807) is 35.5 Å². The Hall–Kier alpha value is -8.06. The van der Waals surface area contributed by atoms with E-state index in [0.717, 1.165) is 102 Å². The van der Waals surface area contributed by atoms with Gasteiger partial charge in [0.05, 0.1) is 60.1 Å². The van der Waals surface area contributed by atoms with Crippen LogP contribution in [0.25, 0.3) is 4.85 Å². The molecule has 4 atom stereocenters. The number of aromatic nitrogens is 6. The van der Waals surface area contributed by atoms with Crippen LogP contribution >= 0.6 is 55.1 Å². The molecule has 2 aliphatic heterocycles. The Balaban J connectivity index is 0.000000178. The molecule has 4 unspecified atom stereocenters. The molecule has 17 nitrogen and oxygen atoms in total. The first-order valence-corrected chi connectivity index (χ1v) is 31.9. The number of piperazine rings is 2. The summed E-state index contributed by atoms with van der Waals surface area (Å²) in [6.45, 7) is 15.7. The molecule has 0 saturated carbocycles. The van der Waals surface area contributed by atoms with Crippen molar-refractivity contribution in [1.82, 2.24) is 49.1 Å². The molecule has 0 bridgehead atoms. The van der Waals surface area contributed by atoms with Crippen LogP contribution in [0.4, 0.5) is 27.5 Å². The smallest absolute Gasteiger partial charge is 0.322 e. The maximum absolute atomic E-state index is 14.3. The highest BCUT2D eigenvalue weighted by Gasteiger charge is 2.41. The highest BCUT2D eigenvalue weighted by Crippen LogP contribution is 2.41. The zero-order valence-corrected chi connectivity index (χ0v) is 53.7. The van der Waals surface area contributed by atoms with Gasteiger partial charge >= 0.3 is 6.03 Å². The van der Waals surface area contributed by atoms with E-state index in [9.17, 15) is 14.4 Å². The number of halogens is 4. The highest BCUT2D eigenvalue weighted by atomic mass is 79.9. The van der Waals surface area contributed by atoms with Gasteiger partial charge in [-0.2, -0.15) is 0 Å². The van der Waals surface area contributed by atoms with Crippen molar-refractivity contribution in [2.45, 2.75) is 76.8 Å². The van der Waals surface area contributed by atoms with Crippen molar-refractivity contribution in [3.63, 3.8) is 0 Å². The number of rotatable bonds is 11. The van der Waals surface area contributed by atoms with E-state index >= 15 is 0 Å². The Bertz CT molecular complexity index is 4040. The quantitative estimate of drug-likeness (QED) is 0.0913. The number of hydrogen-bond acceptors (Lipinski definition) is 10. The van der Waals surface area contributed by atoms with Gasteiger partial charge in [-0.05, 0) is 189 Å². The summed E-state index contributed by atoms with van der Waals surface area (Å²) in [6.07, 6.45) is 14.7. The van der Waals surface area contributed by atoms with Crippen LogP contribution in [-0.2, 0) is 48.4 Å². The van der Waals surface area contributed by atoms with Crippen LogP contribution in [0.2, 0.25) is 10.0 Å². The van der Waals surface area contributed by atoms with Crippen LogP contribution in [0, 0.1) is 20.4 Å². The molecule has 4 amide bonds. The molecule has 13 rings (SSSR count). The lowest BCUT2D eigenvalue weighted by Crippen LogP contribution is -2.61. The Morgan fingerprint density at radius 3 is 1.65 bits per heavy atom. The van der Waals surface area contributed by atoms with Crippen molar-refractivity contribution in [1.29, 1.82) is 0 Å². The molecule has 5 aromatic carbocycles. The van der Waals surface area contributed by atoms with E-state index < -0.39 is 6.04 Å². The van der Waals surface area contributed by atoms with Gasteiger partial charge in [0, 0.05) is 113 Å². The van der Waals surface area contributed by atoms with Gasteiger partial charge in [-0.3, -0.25) is 29.4 Å². The fraction of sp³-hybridized carbons (Fsp3) is 0.265. The number of benzene rings is 5. The number of imidazole rings is 2. The summed E-state index contributed by atoms with van der Waals surface area (Å²) in [6, 6.07) is 37.0. The van der Waals surface area contributed by atoms with E-state index in [2.05, 4.69) is 114 Å². The lowest BCUT2D eigenvalue weighted by molar-refractivity contribution is -0.122. The van der Waals surface area contributed by atoms with Gasteiger partial charge in [-0.15, -0.1) is 0 Å². The number of anilines is 3. The van der Waals surface area contributed by atoms with Crippen LogP contribution in [0.3, 0.4) is 0 Å². The lowest BCUT2D eigenvalue weighted by atomic mass is 9.95. The summed E-state index contributed by atoms with van der Waals surface area (Å²) >= 11 is 20.1. The number of carbonyl (C=O) groups excluding carboxylic acids is 3. The van der Waals surface area contributed by atoms with Crippen LogP contribution in [0.1, 0.15) is 79.4 Å². The molecule has 2 saturated heterocycles. The van der Waals surface area contributed by atoms with E-state index in [1.165, 1.54) is 16.7 Å². The molecule has 0 spiro atoms. The SMILES string of the molecule is Cc1cn(Cc2cccc(NC(=O)C3CN(C4c5ccc(Cl)cc5CCc5cc(Br)cnc54)CCN3)c2)cn1.[C-]#[N+]c1ccc(NC(=O)N2CCN(C3c4ccc(Cl)cc4CCc4cc(Br)cnc43)CC2C(=O)Nc2cccc(Cn3cnc(C)c3)c2)cc1. The van der Waals surface area contributed by atoms with Crippen molar-refractivity contribution in [2.24, 2.45) is 0 Å². The lowest BCUT2D eigenvalue weighted by Gasteiger charge is -2.43. The summed E-state index contributed by atoms with van der Waals surface area (Å²) in [5.41, 5.74) is 15.5. The third-order valence-corrected chi connectivity index (χ3v) is 18.0. The molecule has 9 aromatic rings. The van der Waals surface area contributed by atoms with E-state index in [-0.39, 0.29) is 42.5 Å². The summed E-state index contributed by atoms with van der Waals surface area (Å²) in [4.78, 5) is 69.8. The number of amides is 4. The van der Waals surface area contributed by atoms with Gasteiger partial charge in [0.1, 0.15) is 6.04 Å². The number of nitrogens with zero attached hydrogens (tertiary/aromatic N) is 10. The zero-order valence-electron chi connectivity index (χ0n) is 49.0. The Morgan fingerprint density at radius 1 is 0.596 bits per heavy atom. The molecule has 4 aromatic heterocycles. The minimum atomic E-state index is -0.830. The van der Waals surface area contributed by atoms with Crippen LogP contribution < -0.4 is 21.3 Å². The zero-order chi connectivity index (χ0) is 61.7. The number of fused-ring (bicyclic) bond motifs is 4. The molecule has 21 heteroatoms. The van der Waals surface area contributed by atoms with E-state index in [4.69, 9.17) is 39.7 Å². The van der Waals surface area contributed by atoms with E-state index in [0.29, 0.717) is 61.4 Å². The number of nitrogens with one attached hydrogen (secondary N) is 4. The Kier molecular flexibility index (Phi) is 18.8. The largest absolute Gasteiger partial charge is 0.333 e. The average Bonchev–Trinajstić information content (AvgIpc) is 2.21. The summed E-state index contributed by atoms with van der Waals surface area (Å²) in [5.74, 6) is -0.331. The molecule has 452 valence electrons. The predicted octanol–water partition coefficient (Wildman–Crippen LogP) is 12.8. The highest BCUT2D eigenvalue weighted by molar-refractivity contribution is 9.10. The topological polar surface area (TPSA) is 175 Å². The minimum Gasteiger partial charge on any atom is -0.333 e. The van der Waals surface area contributed by atoms with Gasteiger partial charge in [-0.25, -0.2) is 19.6 Å². The van der Waals surface area contributed by atoms with Crippen LogP contribution in [0.5, 0.6) is 0 Å². The third kappa shape index (κ3) is 14.5. The maximum Gasteiger partial charge on any atom is 0.322 e. The second kappa shape index (κ2) is 27.4. The molecule has 2 fully saturated rings. The molecule has 4 N–H and O–H groups in total. The van der Waals surface area contributed by atoms with Crippen molar-refractivity contribution >= 4 is 95.7 Å². The summed E-state index contributed by atoms with van der Waals surface area (Å²) in [5, 5.41) is 14.0. The second-order valence-electron chi connectivity index (χ2n) is 22.9. The van der Waals surface area contributed by atoms with E-state index in [1.807, 2.05) is 115 Å². The molecule has 89 heavy (non-hydrogen) atoms. The third-order valence-electron chi connectivity index (χ3n) is 16.7. The molecule has 2 aliphatic carbocycles. The molecular weight excluding hydrogens is 1290 g/mol. The molecular formula is C68H64Br2Cl2N14O3. The molecule has 0 radical (unpaired) electrons. The fourth-order valence-electron chi connectivity index (χ4n) is 12.6. The molecule has 4 aliphatic rings. The predicted molar refractivity (Wildman–Crippen MR) is 355 cm³/mol. The minimum absolute atomic E-state index is 0.0377. The van der Waals surface area contributed by atoms with Gasteiger partial charge in [0.15, 0.2) is 5.69 Å². The van der Waals surface area contributed by atoms with Crippen molar-refractivity contribution in [3.05, 3.63) is 256 Å². The summed E-state index contributed by atoms with van der Waals surface area (Å²) < 4.78 is 5.92. The normalized spacial score (nSPS) is 18.1. The van der Waals surface area contributed by atoms with Gasteiger partial charge in [-0.1, -0.05) is 71.7 Å². The first-order valence-electron chi connectivity index (χ1n) is 29.5. The van der Waals surface area contributed by atoms with Gasteiger partial charge < -0.3 is 35.3 Å². The number of pyridine rings is 2. The van der Waals surface area contributed by atoms with Crippen LogP contribution in [0.15, 0.2) is 168 Å². The monoisotopic (exact) mass is 1350 g/mol. The Labute approximate surface area is 544 Å². The number of aryl methyl sites for hydroxylation is 6. The number of hydrogen-bond donors (Lipinski definition) is 4. The summed E-state index contributed by atoms with van der Waals surface area (Å²) in [7, 11) is 0. The maximum atomic E-state index is 14.3. The van der Waals surface area contributed by atoms with Crippen molar-refractivity contribution in [2.75, 3.05) is 55.2 Å². The van der Waals surface area contributed by atoms with Crippen molar-refractivity contribution in [3.8, 4) is 0 Å². The van der Waals surface area contributed by atoms with Gasteiger partial charge in [0.25, 0.3) is 0 Å². The fourth-order valence-corrected chi connectivity index (χ4v) is 13.7. The average molecular weight is 1360 g/mol.